The molecule has 5 nitrogen and oxygen atoms in total. The number of amides is 2. The van der Waals surface area contributed by atoms with Gasteiger partial charge in [-0.25, -0.2) is 18.7 Å². The van der Waals surface area contributed by atoms with E-state index in [1.54, 1.807) is 18.2 Å². The van der Waals surface area contributed by atoms with Crippen molar-refractivity contribution >= 4 is 40.4 Å². The van der Waals surface area contributed by atoms with Crippen LogP contribution in [0.5, 0.6) is 0 Å². The van der Waals surface area contributed by atoms with E-state index in [1.165, 1.54) is 6.07 Å². The smallest absolute Gasteiger partial charge is 0.257 e. The third-order valence-corrected chi connectivity index (χ3v) is 4.81. The van der Waals surface area contributed by atoms with Gasteiger partial charge in [-0.05, 0) is 24.3 Å². The first-order valence-corrected chi connectivity index (χ1v) is 8.25. The van der Waals surface area contributed by atoms with E-state index < -0.39 is 28.7 Å². The summed E-state index contributed by atoms with van der Waals surface area (Å²) in [6.45, 7) is 0. The number of thioether (sulfide) groups is 1. The monoisotopic (exact) mass is 360 g/mol. The van der Waals surface area contributed by atoms with Crippen LogP contribution in [0, 0.1) is 11.6 Å². The van der Waals surface area contributed by atoms with Crippen molar-refractivity contribution in [2.24, 2.45) is 0 Å². The molecule has 3 aromatic rings. The summed E-state index contributed by atoms with van der Waals surface area (Å²) in [5, 5.41) is -0.451. The molecule has 1 unspecified atom stereocenters. The summed E-state index contributed by atoms with van der Waals surface area (Å²) in [7, 11) is 0. The fraction of sp³-hybridized carbons (Fsp3) is 0.118. The van der Waals surface area contributed by atoms with E-state index in [0.717, 1.165) is 28.8 Å². The van der Waals surface area contributed by atoms with Crippen molar-refractivity contribution in [2.45, 2.75) is 16.9 Å². The zero-order valence-electron chi connectivity index (χ0n) is 12.6. The summed E-state index contributed by atoms with van der Waals surface area (Å²) in [6, 6.07) is 10.1. The van der Waals surface area contributed by atoms with Gasteiger partial charge < -0.3 is 4.42 Å². The first kappa shape index (κ1) is 15.8. The average Bonchev–Trinajstić information content (AvgIpc) is 3.11. The Morgan fingerprint density at radius 1 is 1.12 bits per heavy atom. The second kappa shape index (κ2) is 5.96. The second-order valence-corrected chi connectivity index (χ2v) is 6.58. The highest BCUT2D eigenvalue weighted by Crippen LogP contribution is 2.35. The fourth-order valence-electron chi connectivity index (χ4n) is 2.61. The van der Waals surface area contributed by atoms with Crippen molar-refractivity contribution in [3.05, 3.63) is 54.1 Å². The van der Waals surface area contributed by atoms with Gasteiger partial charge in [0, 0.05) is 12.5 Å². The number of fused-ring (bicyclic) bond motifs is 1. The molecule has 1 saturated heterocycles. The number of benzene rings is 2. The van der Waals surface area contributed by atoms with Gasteiger partial charge in [-0.3, -0.25) is 9.59 Å². The largest absolute Gasteiger partial charge is 0.431 e. The lowest BCUT2D eigenvalue weighted by Gasteiger charge is -2.14. The van der Waals surface area contributed by atoms with Crippen LogP contribution in [-0.4, -0.2) is 22.0 Å². The zero-order chi connectivity index (χ0) is 17.6. The van der Waals surface area contributed by atoms with Crippen LogP contribution in [-0.2, 0) is 9.59 Å². The minimum atomic E-state index is -1.12. The molecular formula is C17H10F2N2O3S. The summed E-state index contributed by atoms with van der Waals surface area (Å²) < 4.78 is 32.0. The Bertz CT molecular complexity index is 971. The van der Waals surface area contributed by atoms with Gasteiger partial charge in [0.15, 0.2) is 17.2 Å². The molecule has 2 aromatic carbocycles. The molecule has 4 rings (SSSR count). The molecule has 0 spiro atoms. The molecule has 1 aliphatic heterocycles. The molecule has 0 saturated carbocycles. The molecule has 25 heavy (non-hydrogen) atoms. The predicted octanol–water partition coefficient (Wildman–Crippen LogP) is 3.53. The third kappa shape index (κ3) is 2.78. The lowest BCUT2D eigenvalue weighted by molar-refractivity contribution is -0.121. The Hall–Kier alpha value is -2.74. The number of hydrogen-bond donors (Lipinski definition) is 0. The van der Waals surface area contributed by atoms with E-state index in [1.807, 2.05) is 6.07 Å². The molecule has 2 amide bonds. The maximum absolute atomic E-state index is 13.4. The number of nitrogens with zero attached hydrogens (tertiary/aromatic N) is 2. The second-order valence-electron chi connectivity index (χ2n) is 5.42. The molecule has 0 radical (unpaired) electrons. The number of aromatic nitrogens is 1. The lowest BCUT2D eigenvalue weighted by Crippen LogP contribution is -2.31. The van der Waals surface area contributed by atoms with Crippen molar-refractivity contribution in [3.63, 3.8) is 0 Å². The highest BCUT2D eigenvalue weighted by molar-refractivity contribution is 8.00. The van der Waals surface area contributed by atoms with Crippen LogP contribution in [0.2, 0.25) is 0 Å². The molecular weight excluding hydrogens is 350 g/mol. The van der Waals surface area contributed by atoms with Crippen molar-refractivity contribution in [2.75, 3.05) is 4.90 Å². The molecule has 0 bridgehead atoms. The molecule has 1 atom stereocenters. The topological polar surface area (TPSA) is 63.4 Å². The van der Waals surface area contributed by atoms with Gasteiger partial charge in [0.25, 0.3) is 5.22 Å². The first-order valence-electron chi connectivity index (χ1n) is 7.37. The standard InChI is InChI=1S/C17H10F2N2O3S/c18-10-6-5-9(7-11(10)19)21-15(22)8-14(16(21)23)25-17-20-12-3-1-2-4-13(12)24-17/h1-7,14H,8H2. The third-order valence-electron chi connectivity index (χ3n) is 3.78. The molecule has 126 valence electrons. The van der Waals surface area contributed by atoms with E-state index in [0.29, 0.717) is 11.1 Å². The lowest BCUT2D eigenvalue weighted by atomic mass is 10.3. The molecule has 1 aromatic heterocycles. The minimum Gasteiger partial charge on any atom is -0.431 e. The van der Waals surface area contributed by atoms with Gasteiger partial charge in [0.05, 0.1) is 5.69 Å². The molecule has 1 fully saturated rings. The van der Waals surface area contributed by atoms with Crippen LogP contribution < -0.4 is 4.90 Å². The van der Waals surface area contributed by atoms with Gasteiger partial charge in [-0.15, -0.1) is 0 Å². The van der Waals surface area contributed by atoms with Crippen LogP contribution in [0.15, 0.2) is 52.1 Å². The van der Waals surface area contributed by atoms with E-state index in [4.69, 9.17) is 4.42 Å². The summed E-state index contributed by atoms with van der Waals surface area (Å²) >= 11 is 1.04. The summed E-state index contributed by atoms with van der Waals surface area (Å²) in [5.41, 5.74) is 1.24. The zero-order valence-corrected chi connectivity index (χ0v) is 13.4. The highest BCUT2D eigenvalue weighted by Gasteiger charge is 2.41. The summed E-state index contributed by atoms with van der Waals surface area (Å²) in [5.74, 6) is -3.15. The Morgan fingerprint density at radius 3 is 2.68 bits per heavy atom. The SMILES string of the molecule is O=C1CC(Sc2nc3ccccc3o2)C(=O)N1c1ccc(F)c(F)c1. The van der Waals surface area contributed by atoms with E-state index >= 15 is 0 Å². The van der Waals surface area contributed by atoms with E-state index in [2.05, 4.69) is 4.98 Å². The van der Waals surface area contributed by atoms with Crippen molar-refractivity contribution in [1.29, 1.82) is 0 Å². The average molecular weight is 360 g/mol. The number of para-hydroxylation sites is 2. The number of rotatable bonds is 3. The Morgan fingerprint density at radius 2 is 1.92 bits per heavy atom. The van der Waals surface area contributed by atoms with Crippen LogP contribution in [0.4, 0.5) is 14.5 Å². The number of oxazole rings is 1. The summed E-state index contributed by atoms with van der Waals surface area (Å²) in [6.07, 6.45) is -0.0682. The Kier molecular flexibility index (Phi) is 3.76. The van der Waals surface area contributed by atoms with Crippen molar-refractivity contribution < 1.29 is 22.8 Å². The van der Waals surface area contributed by atoms with Gasteiger partial charge in [0.2, 0.25) is 11.8 Å². The van der Waals surface area contributed by atoms with E-state index in [9.17, 15) is 18.4 Å². The van der Waals surface area contributed by atoms with Crippen LogP contribution >= 0.6 is 11.8 Å². The minimum absolute atomic E-state index is 0.00886. The maximum atomic E-state index is 13.4. The van der Waals surface area contributed by atoms with Gasteiger partial charge in [-0.1, -0.05) is 23.9 Å². The number of anilines is 1. The van der Waals surface area contributed by atoms with Crippen LogP contribution in [0.1, 0.15) is 6.42 Å². The molecule has 8 heteroatoms. The Labute approximate surface area is 144 Å². The molecule has 0 N–H and O–H groups in total. The van der Waals surface area contributed by atoms with Gasteiger partial charge in [0.1, 0.15) is 10.8 Å². The number of hydrogen-bond acceptors (Lipinski definition) is 5. The normalized spacial score (nSPS) is 17.7. The number of carbonyl (C=O) groups excluding carboxylic acids is 2. The quantitative estimate of drug-likeness (QED) is 0.669. The number of halogens is 2. The molecule has 1 aliphatic rings. The van der Waals surface area contributed by atoms with Crippen molar-refractivity contribution in [3.8, 4) is 0 Å². The maximum Gasteiger partial charge on any atom is 0.257 e. The number of carbonyl (C=O) groups is 2. The predicted molar refractivity (Wildman–Crippen MR) is 87.1 cm³/mol. The van der Waals surface area contributed by atoms with Gasteiger partial charge in [-0.2, -0.15) is 0 Å². The Balaban J connectivity index is 1.59. The summed E-state index contributed by atoms with van der Waals surface area (Å²) in [4.78, 5) is 29.8. The van der Waals surface area contributed by atoms with Gasteiger partial charge >= 0.3 is 0 Å². The first-order chi connectivity index (χ1) is 12.0. The fourth-order valence-corrected chi connectivity index (χ4v) is 3.58. The molecule has 0 aliphatic carbocycles. The van der Waals surface area contributed by atoms with E-state index in [-0.39, 0.29) is 17.3 Å². The van der Waals surface area contributed by atoms with Crippen LogP contribution in [0.25, 0.3) is 11.1 Å². The van der Waals surface area contributed by atoms with Crippen LogP contribution in [0.3, 0.4) is 0 Å². The highest BCUT2D eigenvalue weighted by atomic mass is 32.2. The number of imide groups is 1. The van der Waals surface area contributed by atoms with Crippen molar-refractivity contribution in [1.82, 2.24) is 4.98 Å². The molecule has 2 heterocycles.